The van der Waals surface area contributed by atoms with Gasteiger partial charge in [-0.05, 0) is 61.9 Å². The summed E-state index contributed by atoms with van der Waals surface area (Å²) in [6.45, 7) is 4.40. The van der Waals surface area contributed by atoms with E-state index in [0.29, 0.717) is 40.4 Å². The number of hydrogen-bond donors (Lipinski definition) is 0. The van der Waals surface area contributed by atoms with Gasteiger partial charge in [-0.3, -0.25) is 13.8 Å². The zero-order valence-electron chi connectivity index (χ0n) is 19.2. The van der Waals surface area contributed by atoms with E-state index in [9.17, 15) is 9.18 Å². The fourth-order valence-electron chi connectivity index (χ4n) is 3.79. The van der Waals surface area contributed by atoms with E-state index in [4.69, 9.17) is 4.74 Å². The van der Waals surface area contributed by atoms with Crippen molar-refractivity contribution in [2.45, 2.75) is 24.8 Å². The highest BCUT2D eigenvalue weighted by Gasteiger charge is 2.19. The molecule has 0 spiro atoms. The van der Waals surface area contributed by atoms with Crippen molar-refractivity contribution < 1.29 is 9.13 Å². The third kappa shape index (κ3) is 4.54. The van der Waals surface area contributed by atoms with Crippen LogP contribution in [0.3, 0.4) is 0 Å². The maximum atomic E-state index is 14.9. The van der Waals surface area contributed by atoms with Gasteiger partial charge >= 0.3 is 0 Å². The molecule has 2 aromatic carbocycles. The van der Waals surface area contributed by atoms with E-state index in [1.54, 1.807) is 29.0 Å². The van der Waals surface area contributed by atoms with Crippen LogP contribution in [0.2, 0.25) is 0 Å². The van der Waals surface area contributed by atoms with Gasteiger partial charge in [0.25, 0.3) is 5.56 Å². The van der Waals surface area contributed by atoms with Crippen molar-refractivity contribution in [3.8, 4) is 22.8 Å². The summed E-state index contributed by atoms with van der Waals surface area (Å²) in [5.74, 6) is 1.23. The predicted molar refractivity (Wildman–Crippen MR) is 134 cm³/mol. The fourth-order valence-corrected chi connectivity index (χ4v) is 4.63. The van der Waals surface area contributed by atoms with Gasteiger partial charge < -0.3 is 4.74 Å². The minimum absolute atomic E-state index is 0.153. The van der Waals surface area contributed by atoms with Crippen molar-refractivity contribution in [3.63, 3.8) is 0 Å². The molecular formula is C26H22FN5O2S. The Balaban J connectivity index is 1.53. The van der Waals surface area contributed by atoms with Gasteiger partial charge in [-0.15, -0.1) is 10.2 Å². The minimum atomic E-state index is -0.390. The molecule has 5 aromatic rings. The van der Waals surface area contributed by atoms with Crippen LogP contribution in [0.5, 0.6) is 5.75 Å². The summed E-state index contributed by atoms with van der Waals surface area (Å²) in [7, 11) is 0. The number of benzene rings is 2. The number of aryl methyl sites for hydroxylation is 1. The second-order valence-corrected chi connectivity index (χ2v) is 8.75. The topological polar surface area (TPSA) is 74.3 Å². The van der Waals surface area contributed by atoms with Crippen LogP contribution in [0.1, 0.15) is 18.2 Å². The third-order valence-corrected chi connectivity index (χ3v) is 6.40. The first kappa shape index (κ1) is 22.8. The van der Waals surface area contributed by atoms with E-state index in [0.717, 1.165) is 16.9 Å². The average molecular weight is 488 g/mol. The largest absolute Gasteiger partial charge is 0.494 e. The second kappa shape index (κ2) is 9.71. The molecule has 7 nitrogen and oxygen atoms in total. The maximum absolute atomic E-state index is 14.9. The van der Waals surface area contributed by atoms with Gasteiger partial charge in [-0.25, -0.2) is 9.37 Å². The standard InChI is InChI=1S/C26H22FN5O2S/c1-3-34-20-12-10-18(11-13-20)25-29-30-26(32(25)22-9-5-4-8-21(22)27)35-16-19-15-23(33)31-14-6-7-17(2)24(31)28-19/h4-15H,3,16H2,1-2H3. The fraction of sp³-hybridized carbons (Fsp3) is 0.154. The molecule has 0 aliphatic rings. The molecule has 176 valence electrons. The Morgan fingerprint density at radius 2 is 1.83 bits per heavy atom. The lowest BCUT2D eigenvalue weighted by Crippen LogP contribution is -2.15. The Bertz CT molecular complexity index is 1560. The highest BCUT2D eigenvalue weighted by Crippen LogP contribution is 2.31. The zero-order chi connectivity index (χ0) is 24.4. The van der Waals surface area contributed by atoms with E-state index in [1.807, 2.05) is 50.2 Å². The number of rotatable bonds is 7. The molecule has 0 radical (unpaired) electrons. The lowest BCUT2D eigenvalue weighted by atomic mass is 10.2. The molecule has 0 saturated heterocycles. The highest BCUT2D eigenvalue weighted by molar-refractivity contribution is 7.98. The highest BCUT2D eigenvalue weighted by atomic mass is 32.2. The van der Waals surface area contributed by atoms with Crippen LogP contribution in [0, 0.1) is 12.7 Å². The molecule has 3 aromatic heterocycles. The molecule has 0 aliphatic carbocycles. The Labute approximate surface area is 205 Å². The maximum Gasteiger partial charge on any atom is 0.258 e. The van der Waals surface area contributed by atoms with E-state index in [-0.39, 0.29) is 11.4 Å². The summed E-state index contributed by atoms with van der Waals surface area (Å²) in [5.41, 5.74) is 3.09. The van der Waals surface area contributed by atoms with Gasteiger partial charge in [-0.1, -0.05) is 30.0 Å². The summed E-state index contributed by atoms with van der Waals surface area (Å²) in [6.07, 6.45) is 1.70. The summed E-state index contributed by atoms with van der Waals surface area (Å²) < 4.78 is 23.6. The van der Waals surface area contributed by atoms with Crippen molar-refractivity contribution >= 4 is 17.4 Å². The Kier molecular flexibility index (Phi) is 6.33. The summed E-state index contributed by atoms with van der Waals surface area (Å²) in [5, 5.41) is 9.22. The number of halogens is 1. The number of aromatic nitrogens is 5. The van der Waals surface area contributed by atoms with Gasteiger partial charge in [0.15, 0.2) is 11.0 Å². The quantitative estimate of drug-likeness (QED) is 0.298. The molecule has 0 unspecified atom stereocenters. The first-order valence-corrected chi connectivity index (χ1v) is 12.1. The summed E-state index contributed by atoms with van der Waals surface area (Å²) >= 11 is 1.34. The molecule has 0 fully saturated rings. The SMILES string of the molecule is CCOc1ccc(-c2nnc(SCc3cc(=O)n4cccc(C)c4n3)n2-c2ccccc2F)cc1. The van der Waals surface area contributed by atoms with Crippen LogP contribution in [-0.2, 0) is 5.75 Å². The van der Waals surface area contributed by atoms with Crippen LogP contribution in [-0.4, -0.2) is 30.8 Å². The lowest BCUT2D eigenvalue weighted by molar-refractivity contribution is 0.340. The predicted octanol–water partition coefficient (Wildman–Crippen LogP) is 5.08. The van der Waals surface area contributed by atoms with Gasteiger partial charge in [0.1, 0.15) is 17.2 Å². The van der Waals surface area contributed by atoms with Crippen LogP contribution in [0.4, 0.5) is 4.39 Å². The number of nitrogens with zero attached hydrogens (tertiary/aromatic N) is 5. The lowest BCUT2D eigenvalue weighted by Gasteiger charge is -2.12. The van der Waals surface area contributed by atoms with Crippen molar-refractivity contribution in [2.24, 2.45) is 0 Å². The molecule has 0 saturated carbocycles. The molecule has 0 amide bonds. The smallest absolute Gasteiger partial charge is 0.258 e. The van der Waals surface area contributed by atoms with Crippen LogP contribution in [0.15, 0.2) is 82.9 Å². The van der Waals surface area contributed by atoms with Crippen molar-refractivity contribution in [1.82, 2.24) is 24.1 Å². The summed E-state index contributed by atoms with van der Waals surface area (Å²) in [4.78, 5) is 17.2. The number of ether oxygens (including phenoxy) is 1. The van der Waals surface area contributed by atoms with E-state index in [2.05, 4.69) is 15.2 Å². The minimum Gasteiger partial charge on any atom is -0.494 e. The van der Waals surface area contributed by atoms with E-state index in [1.165, 1.54) is 28.3 Å². The average Bonchev–Trinajstić information content (AvgIpc) is 3.28. The number of hydrogen-bond acceptors (Lipinski definition) is 6. The van der Waals surface area contributed by atoms with Crippen molar-refractivity contribution in [3.05, 3.63) is 100 Å². The monoisotopic (exact) mass is 487 g/mol. The van der Waals surface area contributed by atoms with Gasteiger partial charge in [0, 0.05) is 23.6 Å². The van der Waals surface area contributed by atoms with Crippen molar-refractivity contribution in [2.75, 3.05) is 6.61 Å². The normalized spacial score (nSPS) is 11.2. The molecule has 0 N–H and O–H groups in total. The Morgan fingerprint density at radius 1 is 1.03 bits per heavy atom. The van der Waals surface area contributed by atoms with Gasteiger partial charge in [0.05, 0.1) is 18.0 Å². The molecule has 0 bridgehead atoms. The van der Waals surface area contributed by atoms with Crippen molar-refractivity contribution in [1.29, 1.82) is 0 Å². The first-order valence-electron chi connectivity index (χ1n) is 11.1. The molecule has 35 heavy (non-hydrogen) atoms. The molecule has 5 rings (SSSR count). The molecule has 0 atom stereocenters. The van der Waals surface area contributed by atoms with Crippen LogP contribution < -0.4 is 10.3 Å². The van der Waals surface area contributed by atoms with E-state index >= 15 is 0 Å². The first-order chi connectivity index (χ1) is 17.0. The summed E-state index contributed by atoms with van der Waals surface area (Å²) in [6, 6.07) is 19.2. The molecular weight excluding hydrogens is 465 g/mol. The second-order valence-electron chi connectivity index (χ2n) is 7.81. The van der Waals surface area contributed by atoms with Crippen LogP contribution in [0.25, 0.3) is 22.7 Å². The Hall–Kier alpha value is -3.98. The third-order valence-electron chi connectivity index (χ3n) is 5.44. The number of pyridine rings is 1. The van der Waals surface area contributed by atoms with Gasteiger partial charge in [0.2, 0.25) is 0 Å². The molecule has 3 heterocycles. The van der Waals surface area contributed by atoms with Crippen LogP contribution >= 0.6 is 11.8 Å². The number of thioether (sulfide) groups is 1. The van der Waals surface area contributed by atoms with Gasteiger partial charge in [-0.2, -0.15) is 0 Å². The molecule has 0 aliphatic heterocycles. The van der Waals surface area contributed by atoms with E-state index < -0.39 is 0 Å². The number of para-hydroxylation sites is 1. The zero-order valence-corrected chi connectivity index (χ0v) is 20.0. The molecule has 9 heteroatoms. The Morgan fingerprint density at radius 3 is 2.60 bits per heavy atom. The number of fused-ring (bicyclic) bond motifs is 1.